The van der Waals surface area contributed by atoms with E-state index in [1.54, 1.807) is 24.3 Å². The first-order valence-corrected chi connectivity index (χ1v) is 11.5. The number of hydrogen-bond donors (Lipinski definition) is 1. The fourth-order valence-corrected chi connectivity index (χ4v) is 4.22. The number of methoxy groups -OCH3 is 1. The number of esters is 1. The molecule has 6 nitrogen and oxygen atoms in total. The van der Waals surface area contributed by atoms with Crippen LogP contribution in [-0.4, -0.2) is 48.6 Å². The smallest absolute Gasteiger partial charge is 0.416 e. The summed E-state index contributed by atoms with van der Waals surface area (Å²) in [5.74, 6) is -0.355. The van der Waals surface area contributed by atoms with Crippen LogP contribution in [0.4, 0.5) is 13.2 Å². The largest absolute Gasteiger partial charge is 0.489 e. The van der Waals surface area contributed by atoms with Crippen LogP contribution in [0.1, 0.15) is 61.1 Å². The molecule has 3 rings (SSSR count). The van der Waals surface area contributed by atoms with E-state index in [1.807, 2.05) is 20.8 Å². The number of likely N-dealkylation sites (tertiary alicyclic amines) is 1. The van der Waals surface area contributed by atoms with Crippen molar-refractivity contribution in [3.63, 3.8) is 0 Å². The first-order valence-electron chi connectivity index (χ1n) is 11.5. The highest BCUT2D eigenvalue weighted by molar-refractivity contribution is 5.89. The van der Waals surface area contributed by atoms with E-state index in [9.17, 15) is 22.8 Å². The Balaban J connectivity index is 1.53. The van der Waals surface area contributed by atoms with Crippen molar-refractivity contribution in [2.24, 2.45) is 0 Å². The summed E-state index contributed by atoms with van der Waals surface area (Å²) >= 11 is 0. The number of benzene rings is 2. The second kappa shape index (κ2) is 10.7. The van der Waals surface area contributed by atoms with Gasteiger partial charge >= 0.3 is 12.1 Å². The third-order valence-corrected chi connectivity index (χ3v) is 6.27. The summed E-state index contributed by atoms with van der Waals surface area (Å²) in [7, 11) is 1.32. The van der Waals surface area contributed by atoms with Crippen LogP contribution in [0, 0.1) is 0 Å². The molecule has 35 heavy (non-hydrogen) atoms. The molecule has 1 saturated heterocycles. The lowest BCUT2D eigenvalue weighted by Crippen LogP contribution is -2.46. The number of ether oxygens (including phenoxy) is 2. The number of rotatable bonds is 8. The van der Waals surface area contributed by atoms with Crippen molar-refractivity contribution < 1.29 is 32.2 Å². The zero-order chi connectivity index (χ0) is 25.8. The van der Waals surface area contributed by atoms with Crippen LogP contribution in [0.3, 0.4) is 0 Å². The van der Waals surface area contributed by atoms with Crippen molar-refractivity contribution >= 4 is 11.9 Å². The fraction of sp³-hybridized carbons (Fsp3) is 0.462. The molecule has 1 heterocycles. The van der Waals surface area contributed by atoms with Gasteiger partial charge in [-0.25, -0.2) is 4.79 Å². The average molecular weight is 493 g/mol. The van der Waals surface area contributed by atoms with Crippen LogP contribution in [0.15, 0.2) is 48.5 Å². The molecule has 1 fully saturated rings. The predicted molar refractivity (Wildman–Crippen MR) is 125 cm³/mol. The fourth-order valence-electron chi connectivity index (χ4n) is 4.22. The predicted octanol–water partition coefficient (Wildman–Crippen LogP) is 4.99. The minimum Gasteiger partial charge on any atom is -0.489 e. The zero-order valence-electron chi connectivity index (χ0n) is 20.3. The van der Waals surface area contributed by atoms with Crippen molar-refractivity contribution in [3.8, 4) is 5.75 Å². The molecule has 2 aromatic rings. The van der Waals surface area contributed by atoms with E-state index in [4.69, 9.17) is 9.47 Å². The van der Waals surface area contributed by atoms with Gasteiger partial charge in [-0.3, -0.25) is 9.69 Å². The minimum absolute atomic E-state index is 0.123. The molecule has 2 atom stereocenters. The molecule has 0 aromatic heterocycles. The quantitative estimate of drug-likeness (QED) is 0.526. The van der Waals surface area contributed by atoms with E-state index in [0.717, 1.165) is 17.7 Å². The molecule has 0 aliphatic carbocycles. The summed E-state index contributed by atoms with van der Waals surface area (Å²) in [6, 6.07) is 11.5. The molecule has 1 unspecified atom stereocenters. The van der Waals surface area contributed by atoms with Crippen LogP contribution in [0.25, 0.3) is 0 Å². The molecule has 2 aromatic carbocycles. The Kier molecular flexibility index (Phi) is 8.10. The Morgan fingerprint density at radius 2 is 1.83 bits per heavy atom. The summed E-state index contributed by atoms with van der Waals surface area (Å²) < 4.78 is 49.4. The van der Waals surface area contributed by atoms with Gasteiger partial charge in [0.25, 0.3) is 0 Å². The molecular weight excluding hydrogens is 461 g/mol. The Morgan fingerprint density at radius 3 is 2.46 bits per heavy atom. The summed E-state index contributed by atoms with van der Waals surface area (Å²) in [5, 5.41) is 2.99. The lowest BCUT2D eigenvalue weighted by atomic mass is 9.97. The van der Waals surface area contributed by atoms with E-state index >= 15 is 0 Å². The van der Waals surface area contributed by atoms with Crippen LogP contribution in [0.2, 0.25) is 0 Å². The number of alkyl halides is 3. The maximum atomic E-state index is 13.0. The maximum Gasteiger partial charge on any atom is 0.416 e. The third kappa shape index (κ3) is 6.97. The lowest BCUT2D eigenvalue weighted by Gasteiger charge is -2.35. The van der Waals surface area contributed by atoms with Crippen molar-refractivity contribution in [3.05, 3.63) is 65.2 Å². The van der Waals surface area contributed by atoms with Gasteiger partial charge in [0, 0.05) is 25.0 Å². The van der Waals surface area contributed by atoms with Gasteiger partial charge in [0.05, 0.1) is 24.3 Å². The van der Waals surface area contributed by atoms with Gasteiger partial charge in [-0.05, 0) is 63.1 Å². The van der Waals surface area contributed by atoms with E-state index in [0.29, 0.717) is 25.1 Å². The first-order chi connectivity index (χ1) is 16.4. The van der Waals surface area contributed by atoms with E-state index < -0.39 is 23.2 Å². The number of nitrogens with one attached hydrogen (secondary N) is 1. The number of amides is 1. The Bertz CT molecular complexity index is 1040. The molecule has 1 aliphatic rings. The molecule has 0 saturated carbocycles. The van der Waals surface area contributed by atoms with Gasteiger partial charge in [-0.1, -0.05) is 18.2 Å². The van der Waals surface area contributed by atoms with Crippen molar-refractivity contribution in [2.45, 2.75) is 57.5 Å². The van der Waals surface area contributed by atoms with Crippen LogP contribution in [-0.2, 0) is 15.7 Å². The molecule has 1 amide bonds. The maximum absolute atomic E-state index is 13.0. The first kappa shape index (κ1) is 26.5. The van der Waals surface area contributed by atoms with E-state index in [1.165, 1.54) is 19.2 Å². The van der Waals surface area contributed by atoms with Crippen molar-refractivity contribution in [2.75, 3.05) is 20.2 Å². The molecule has 1 N–H and O–H groups in total. The van der Waals surface area contributed by atoms with E-state index in [2.05, 4.69) is 10.2 Å². The molecule has 0 radical (unpaired) electrons. The van der Waals surface area contributed by atoms with Crippen LogP contribution >= 0.6 is 0 Å². The monoisotopic (exact) mass is 492 g/mol. The standard InChI is InChI=1S/C26H31F3N2O4/c1-17(18-8-10-19(11-9-18)24(33)34-4)30-23(32)15-25(2,3)31-13-12-22(16-31)35-21-7-5-6-20(14-21)26(27,28)29/h5-11,14,17,22H,12-13,15-16H2,1-4H3,(H,30,32)/t17?,22-/m1/s1. The Labute approximate surface area is 203 Å². The molecule has 9 heteroatoms. The highest BCUT2D eigenvalue weighted by atomic mass is 19.4. The van der Waals surface area contributed by atoms with Crippen LogP contribution in [0.5, 0.6) is 5.75 Å². The zero-order valence-corrected chi connectivity index (χ0v) is 20.3. The lowest BCUT2D eigenvalue weighted by molar-refractivity contribution is -0.137. The normalized spacial score (nSPS) is 17.6. The number of hydrogen-bond acceptors (Lipinski definition) is 5. The van der Waals surface area contributed by atoms with Crippen molar-refractivity contribution in [1.82, 2.24) is 10.2 Å². The summed E-state index contributed by atoms with van der Waals surface area (Å²) in [6.45, 7) is 6.99. The summed E-state index contributed by atoms with van der Waals surface area (Å²) in [5.41, 5.74) is 0.0899. The van der Waals surface area contributed by atoms with Gasteiger partial charge in [0.15, 0.2) is 0 Å². The van der Waals surface area contributed by atoms with Gasteiger partial charge in [0.1, 0.15) is 11.9 Å². The van der Waals surface area contributed by atoms with Gasteiger partial charge in [-0.2, -0.15) is 13.2 Å². The highest BCUT2D eigenvalue weighted by Crippen LogP contribution is 2.33. The van der Waals surface area contributed by atoms with E-state index in [-0.39, 0.29) is 30.2 Å². The van der Waals surface area contributed by atoms with Crippen molar-refractivity contribution in [1.29, 1.82) is 0 Å². The summed E-state index contributed by atoms with van der Waals surface area (Å²) in [6.07, 6.45) is -3.78. The van der Waals surface area contributed by atoms with Gasteiger partial charge in [0.2, 0.25) is 5.91 Å². The number of nitrogens with zero attached hydrogens (tertiary/aromatic N) is 1. The molecule has 190 valence electrons. The third-order valence-electron chi connectivity index (χ3n) is 6.27. The minimum atomic E-state index is -4.42. The molecule has 1 aliphatic heterocycles. The average Bonchev–Trinajstić information content (AvgIpc) is 3.27. The number of carbonyl (C=O) groups is 2. The molecule has 0 spiro atoms. The highest BCUT2D eigenvalue weighted by Gasteiger charge is 2.36. The van der Waals surface area contributed by atoms with Gasteiger partial charge in [-0.15, -0.1) is 0 Å². The van der Waals surface area contributed by atoms with Gasteiger partial charge < -0.3 is 14.8 Å². The topological polar surface area (TPSA) is 67.9 Å². The second-order valence-corrected chi connectivity index (χ2v) is 9.39. The summed E-state index contributed by atoms with van der Waals surface area (Å²) in [4.78, 5) is 26.5. The molecular formula is C26H31F3N2O4. The second-order valence-electron chi connectivity index (χ2n) is 9.39. The van der Waals surface area contributed by atoms with Crippen LogP contribution < -0.4 is 10.1 Å². The number of carbonyl (C=O) groups excluding carboxylic acids is 2. The number of halogens is 3. The molecule has 0 bridgehead atoms. The SMILES string of the molecule is COC(=O)c1ccc(C(C)NC(=O)CC(C)(C)N2CC[C@@H](Oc3cccc(C(F)(F)F)c3)C2)cc1. The Morgan fingerprint density at radius 1 is 1.14 bits per heavy atom. The Hall–Kier alpha value is -3.07.